The highest BCUT2D eigenvalue weighted by atomic mass is 32.2. The highest BCUT2D eigenvalue weighted by Crippen LogP contribution is 2.43. The number of nitrogens with zero attached hydrogens (tertiary/aromatic N) is 3. The van der Waals surface area contributed by atoms with Crippen LogP contribution in [0, 0.1) is 35.4 Å². The van der Waals surface area contributed by atoms with Gasteiger partial charge in [0.2, 0.25) is 10.0 Å². The summed E-state index contributed by atoms with van der Waals surface area (Å²) in [6.45, 7) is 1.56. The molecule has 1 unspecified atom stereocenters. The third-order valence-corrected chi connectivity index (χ3v) is 6.06. The van der Waals surface area contributed by atoms with E-state index in [2.05, 4.69) is 0 Å². The maximum atomic E-state index is 13.5. The lowest BCUT2D eigenvalue weighted by molar-refractivity contribution is 0.455. The first-order chi connectivity index (χ1) is 11.8. The van der Waals surface area contributed by atoms with Crippen molar-refractivity contribution in [2.45, 2.75) is 17.9 Å². The molecule has 0 radical (unpaired) electrons. The molecule has 0 spiro atoms. The Labute approximate surface area is 144 Å². The first-order valence-electron chi connectivity index (χ1n) is 7.19. The minimum atomic E-state index is -3.81. The predicted molar refractivity (Wildman–Crippen MR) is 85.7 cm³/mol. The lowest BCUT2D eigenvalue weighted by Crippen LogP contribution is -2.22. The van der Waals surface area contributed by atoms with E-state index in [4.69, 9.17) is 10.00 Å². The Balaban J connectivity index is 2.11. The highest BCUT2D eigenvalue weighted by molar-refractivity contribution is 7.89. The minimum Gasteiger partial charge on any atom is -0.457 e. The molecule has 2 aromatic carbocycles. The molecule has 0 saturated heterocycles. The van der Waals surface area contributed by atoms with Crippen LogP contribution in [0.5, 0.6) is 11.5 Å². The van der Waals surface area contributed by atoms with Crippen molar-refractivity contribution in [3.05, 3.63) is 52.8 Å². The van der Waals surface area contributed by atoms with Gasteiger partial charge in [-0.15, -0.1) is 0 Å². The van der Waals surface area contributed by atoms with Gasteiger partial charge >= 0.3 is 0 Å². The van der Waals surface area contributed by atoms with E-state index in [1.165, 1.54) is 25.2 Å². The quantitative estimate of drug-likeness (QED) is 0.823. The maximum Gasteiger partial charge on any atom is 0.245 e. The van der Waals surface area contributed by atoms with Gasteiger partial charge in [-0.2, -0.15) is 14.8 Å². The molecule has 0 aromatic heterocycles. The highest BCUT2D eigenvalue weighted by Gasteiger charge is 2.42. The summed E-state index contributed by atoms with van der Waals surface area (Å²) in [5, 5.41) is 18.1. The van der Waals surface area contributed by atoms with E-state index in [1.807, 2.05) is 12.1 Å². The Hall–Kier alpha value is -2.94. The van der Waals surface area contributed by atoms with Crippen LogP contribution < -0.4 is 4.74 Å². The van der Waals surface area contributed by atoms with Crippen LogP contribution in [0.2, 0.25) is 0 Å². The first kappa shape index (κ1) is 16.9. The molecule has 1 heterocycles. The molecule has 0 bridgehead atoms. The van der Waals surface area contributed by atoms with Gasteiger partial charge in [-0.1, -0.05) is 6.07 Å². The van der Waals surface area contributed by atoms with E-state index in [-0.39, 0.29) is 22.0 Å². The number of halogens is 1. The van der Waals surface area contributed by atoms with E-state index >= 15 is 0 Å². The van der Waals surface area contributed by atoms with E-state index in [9.17, 15) is 18.1 Å². The third-order valence-electron chi connectivity index (χ3n) is 4.03. The fraction of sp³-hybridized carbons (Fsp3) is 0.176. The van der Waals surface area contributed by atoms with Crippen LogP contribution in [0.3, 0.4) is 0 Å². The Kier molecular flexibility index (Phi) is 3.96. The summed E-state index contributed by atoms with van der Waals surface area (Å²) in [5.74, 6) is -0.339. The van der Waals surface area contributed by atoms with E-state index < -0.39 is 21.9 Å². The number of rotatable bonds is 2. The first-order valence-corrected chi connectivity index (χ1v) is 8.63. The van der Waals surface area contributed by atoms with Gasteiger partial charge < -0.3 is 4.74 Å². The lowest BCUT2D eigenvalue weighted by atomic mass is 10.0. The zero-order chi connectivity index (χ0) is 18.4. The summed E-state index contributed by atoms with van der Waals surface area (Å²) < 4.78 is 45.2. The molecule has 8 heteroatoms. The zero-order valence-electron chi connectivity index (χ0n) is 13.3. The van der Waals surface area contributed by atoms with E-state index in [1.54, 1.807) is 6.92 Å². The molecule has 0 fully saturated rings. The average molecular weight is 357 g/mol. The molecule has 1 atom stereocenters. The van der Waals surface area contributed by atoms with Crippen LogP contribution in [-0.2, 0) is 10.0 Å². The summed E-state index contributed by atoms with van der Waals surface area (Å²) in [6.07, 6.45) is 0. The maximum absolute atomic E-state index is 13.5. The predicted octanol–water partition coefficient (Wildman–Crippen LogP) is 3.00. The third kappa shape index (κ3) is 2.62. The van der Waals surface area contributed by atoms with Crippen molar-refractivity contribution in [3.8, 4) is 23.6 Å². The Morgan fingerprint density at radius 3 is 2.60 bits per heavy atom. The molecular formula is C17H12FN3O3S. The van der Waals surface area contributed by atoms with Crippen LogP contribution in [0.25, 0.3) is 0 Å². The van der Waals surface area contributed by atoms with Crippen LogP contribution in [0.4, 0.5) is 4.39 Å². The van der Waals surface area contributed by atoms with Gasteiger partial charge in [0.15, 0.2) is 0 Å². The van der Waals surface area contributed by atoms with Crippen molar-refractivity contribution >= 4 is 10.0 Å². The Morgan fingerprint density at radius 2 is 1.96 bits per heavy atom. The van der Waals surface area contributed by atoms with Crippen molar-refractivity contribution in [3.63, 3.8) is 0 Å². The molecule has 1 aliphatic heterocycles. The summed E-state index contributed by atoms with van der Waals surface area (Å²) >= 11 is 0. The zero-order valence-corrected chi connectivity index (χ0v) is 14.1. The Bertz CT molecular complexity index is 1070. The molecule has 25 heavy (non-hydrogen) atoms. The van der Waals surface area contributed by atoms with Crippen molar-refractivity contribution < 1.29 is 17.5 Å². The van der Waals surface area contributed by atoms with Crippen LogP contribution >= 0.6 is 0 Å². The molecule has 1 aliphatic rings. The molecule has 126 valence electrons. The second kappa shape index (κ2) is 5.85. The van der Waals surface area contributed by atoms with Crippen molar-refractivity contribution in [1.29, 1.82) is 10.5 Å². The number of hydrogen-bond donors (Lipinski definition) is 0. The number of benzene rings is 2. The monoisotopic (exact) mass is 357 g/mol. The second-order valence-electron chi connectivity index (χ2n) is 5.55. The molecule has 0 amide bonds. The van der Waals surface area contributed by atoms with Gasteiger partial charge in [0.05, 0.1) is 22.6 Å². The standard InChI is InChI=1S/C17H12FN3O3S/c1-10-16(24-13-6-11(8-19)5-12(18)7-13)4-3-14-15(9-20)21(2)25(22,23)17(10)14/h3-7,15H,1-2H3. The summed E-state index contributed by atoms with van der Waals surface area (Å²) in [7, 11) is -2.47. The van der Waals surface area contributed by atoms with Gasteiger partial charge in [-0.05, 0) is 25.1 Å². The van der Waals surface area contributed by atoms with E-state index in [0.29, 0.717) is 11.1 Å². The lowest BCUT2D eigenvalue weighted by Gasteiger charge is -2.12. The molecule has 3 rings (SSSR count). The number of nitriles is 2. The SMILES string of the molecule is Cc1c(Oc2cc(F)cc(C#N)c2)ccc2c1S(=O)(=O)N(C)C2C#N. The second-order valence-corrected chi connectivity index (χ2v) is 7.48. The van der Waals surface area contributed by atoms with Gasteiger partial charge in [-0.3, -0.25) is 0 Å². The molecule has 0 N–H and O–H groups in total. The van der Waals surface area contributed by atoms with Gasteiger partial charge in [-0.25, -0.2) is 12.8 Å². The Morgan fingerprint density at radius 1 is 1.24 bits per heavy atom. The summed E-state index contributed by atoms with van der Waals surface area (Å²) in [6, 6.07) is 9.46. The summed E-state index contributed by atoms with van der Waals surface area (Å²) in [4.78, 5) is 0.0240. The molecule has 0 aliphatic carbocycles. The van der Waals surface area contributed by atoms with Gasteiger partial charge in [0, 0.05) is 24.2 Å². The van der Waals surface area contributed by atoms with Crippen molar-refractivity contribution in [2.24, 2.45) is 0 Å². The average Bonchev–Trinajstić information content (AvgIpc) is 2.76. The molecular weight excluding hydrogens is 345 g/mol. The fourth-order valence-electron chi connectivity index (χ4n) is 2.81. The van der Waals surface area contributed by atoms with Crippen LogP contribution in [0.15, 0.2) is 35.2 Å². The number of ether oxygens (including phenoxy) is 1. The fourth-order valence-corrected chi connectivity index (χ4v) is 4.50. The molecule has 2 aromatic rings. The number of sulfonamides is 1. The largest absolute Gasteiger partial charge is 0.457 e. The number of fused-ring (bicyclic) bond motifs is 1. The van der Waals surface area contributed by atoms with Crippen LogP contribution in [-0.4, -0.2) is 19.8 Å². The smallest absolute Gasteiger partial charge is 0.245 e. The summed E-state index contributed by atoms with van der Waals surface area (Å²) in [5.41, 5.74) is 0.794. The molecule has 0 saturated carbocycles. The van der Waals surface area contributed by atoms with E-state index in [0.717, 1.165) is 16.4 Å². The van der Waals surface area contributed by atoms with Gasteiger partial charge in [0.1, 0.15) is 23.4 Å². The molecule has 6 nitrogen and oxygen atoms in total. The van der Waals surface area contributed by atoms with Crippen LogP contribution in [0.1, 0.15) is 22.7 Å². The normalized spacial score (nSPS) is 18.2. The van der Waals surface area contributed by atoms with Crippen molar-refractivity contribution in [1.82, 2.24) is 4.31 Å². The minimum absolute atomic E-state index is 0.0240. The van der Waals surface area contributed by atoms with Crippen molar-refractivity contribution in [2.75, 3.05) is 7.05 Å². The van der Waals surface area contributed by atoms with Gasteiger partial charge in [0.25, 0.3) is 0 Å². The topological polar surface area (TPSA) is 94.2 Å². The number of hydrogen-bond acceptors (Lipinski definition) is 5.